The number of nitrogens with one attached hydrogen (secondary N) is 1. The molecular formula is C26H25N3O5. The van der Waals surface area contributed by atoms with Gasteiger partial charge in [-0.25, -0.2) is 0 Å². The first kappa shape index (κ1) is 23.0. The van der Waals surface area contributed by atoms with Crippen LogP contribution in [0.15, 0.2) is 60.7 Å². The second-order valence-corrected chi connectivity index (χ2v) is 8.45. The highest BCUT2D eigenvalue weighted by molar-refractivity contribution is 6.03. The summed E-state index contributed by atoms with van der Waals surface area (Å²) in [7, 11) is 0. The molecule has 3 aromatic carbocycles. The lowest BCUT2D eigenvalue weighted by Gasteiger charge is -2.17. The first-order valence-corrected chi connectivity index (χ1v) is 10.9. The van der Waals surface area contributed by atoms with Crippen molar-refractivity contribution in [1.82, 2.24) is 0 Å². The molecule has 1 heterocycles. The minimum absolute atomic E-state index is 0.0430. The molecule has 1 atom stereocenters. The number of hydrogen-bond acceptors (Lipinski definition) is 5. The van der Waals surface area contributed by atoms with Crippen molar-refractivity contribution in [2.75, 3.05) is 16.8 Å². The first-order chi connectivity index (χ1) is 16.2. The molecule has 0 radical (unpaired) electrons. The standard InChI is InChI=1S/C26H25N3O5/c1-16-5-4-6-24(18(16)3)34-22-11-8-20(9-12-22)27-26(31)19-13-25(30)28(15-19)21-10-7-17(2)23(14-21)29(32)33/h4-12,14,19H,13,15H2,1-3H3,(H,27,31)/t19-/m1/s1. The van der Waals surface area contributed by atoms with Gasteiger partial charge in [-0.15, -0.1) is 0 Å². The Balaban J connectivity index is 1.40. The molecule has 8 heteroatoms. The van der Waals surface area contributed by atoms with Crippen molar-refractivity contribution >= 4 is 28.9 Å². The zero-order chi connectivity index (χ0) is 24.4. The molecule has 0 unspecified atom stereocenters. The minimum Gasteiger partial charge on any atom is -0.457 e. The summed E-state index contributed by atoms with van der Waals surface area (Å²) < 4.78 is 5.95. The third-order valence-electron chi connectivity index (χ3n) is 6.10. The summed E-state index contributed by atoms with van der Waals surface area (Å²) in [6, 6.07) is 17.6. The second kappa shape index (κ2) is 9.35. The van der Waals surface area contributed by atoms with E-state index in [1.165, 1.54) is 11.0 Å². The average Bonchev–Trinajstić information content (AvgIpc) is 3.20. The van der Waals surface area contributed by atoms with Crippen LogP contribution in [-0.4, -0.2) is 23.3 Å². The lowest BCUT2D eigenvalue weighted by molar-refractivity contribution is -0.385. The Hall–Kier alpha value is -4.20. The molecule has 8 nitrogen and oxygen atoms in total. The van der Waals surface area contributed by atoms with Gasteiger partial charge in [-0.1, -0.05) is 18.2 Å². The largest absolute Gasteiger partial charge is 0.457 e. The predicted molar refractivity (Wildman–Crippen MR) is 129 cm³/mol. The van der Waals surface area contributed by atoms with Crippen molar-refractivity contribution in [2.45, 2.75) is 27.2 Å². The quantitative estimate of drug-likeness (QED) is 0.398. The third kappa shape index (κ3) is 4.76. The first-order valence-electron chi connectivity index (χ1n) is 10.9. The summed E-state index contributed by atoms with van der Waals surface area (Å²) in [6.07, 6.45) is 0.0430. The van der Waals surface area contributed by atoms with Crippen LogP contribution in [0.1, 0.15) is 23.1 Å². The molecule has 0 aliphatic carbocycles. The number of amides is 2. The second-order valence-electron chi connectivity index (χ2n) is 8.45. The Kier molecular flexibility index (Phi) is 6.32. The molecule has 0 aromatic heterocycles. The van der Waals surface area contributed by atoms with E-state index >= 15 is 0 Å². The lowest BCUT2D eigenvalue weighted by Crippen LogP contribution is -2.28. The van der Waals surface area contributed by atoms with E-state index in [1.54, 1.807) is 43.3 Å². The summed E-state index contributed by atoms with van der Waals surface area (Å²) in [5.74, 6) is 0.350. The van der Waals surface area contributed by atoms with Crippen LogP contribution in [0.2, 0.25) is 0 Å². The van der Waals surface area contributed by atoms with Gasteiger partial charge in [-0.2, -0.15) is 0 Å². The monoisotopic (exact) mass is 459 g/mol. The number of carbonyl (C=O) groups is 2. The van der Waals surface area contributed by atoms with Gasteiger partial charge in [-0.05, 0) is 68.3 Å². The van der Waals surface area contributed by atoms with Crippen molar-refractivity contribution in [3.05, 3.63) is 87.5 Å². The highest BCUT2D eigenvalue weighted by Crippen LogP contribution is 2.31. The molecule has 3 aromatic rings. The van der Waals surface area contributed by atoms with Crippen molar-refractivity contribution in [3.8, 4) is 11.5 Å². The van der Waals surface area contributed by atoms with E-state index < -0.39 is 10.8 Å². The van der Waals surface area contributed by atoms with Gasteiger partial charge < -0.3 is 15.0 Å². The number of hydrogen-bond donors (Lipinski definition) is 1. The Morgan fingerprint density at radius 2 is 1.79 bits per heavy atom. The van der Waals surface area contributed by atoms with E-state index in [0.717, 1.165) is 16.9 Å². The molecule has 0 spiro atoms. The van der Waals surface area contributed by atoms with Gasteiger partial charge in [0.15, 0.2) is 0 Å². The Bertz CT molecular complexity index is 1270. The van der Waals surface area contributed by atoms with Crippen LogP contribution in [0.4, 0.5) is 17.1 Å². The molecule has 1 fully saturated rings. The Morgan fingerprint density at radius 3 is 2.50 bits per heavy atom. The van der Waals surface area contributed by atoms with Crippen molar-refractivity contribution in [2.24, 2.45) is 5.92 Å². The van der Waals surface area contributed by atoms with Crippen LogP contribution in [0, 0.1) is 36.8 Å². The summed E-state index contributed by atoms with van der Waals surface area (Å²) >= 11 is 0. The SMILES string of the molecule is Cc1ccc(N2C[C@H](C(=O)Nc3ccc(Oc4cccc(C)c4C)cc3)CC2=O)cc1[N+](=O)[O-]. The third-order valence-corrected chi connectivity index (χ3v) is 6.10. The van der Waals surface area contributed by atoms with Gasteiger partial charge in [0.25, 0.3) is 5.69 Å². The minimum atomic E-state index is -0.557. The summed E-state index contributed by atoms with van der Waals surface area (Å²) in [6.45, 7) is 5.83. The van der Waals surface area contributed by atoms with Crippen molar-refractivity contribution in [3.63, 3.8) is 0 Å². The van der Waals surface area contributed by atoms with Gasteiger partial charge in [0.2, 0.25) is 11.8 Å². The number of benzene rings is 3. The lowest BCUT2D eigenvalue weighted by atomic mass is 10.1. The van der Waals surface area contributed by atoms with Crippen LogP contribution in [0.3, 0.4) is 0 Å². The topological polar surface area (TPSA) is 102 Å². The van der Waals surface area contributed by atoms with Crippen LogP contribution in [-0.2, 0) is 9.59 Å². The van der Waals surface area contributed by atoms with Crippen molar-refractivity contribution in [1.29, 1.82) is 0 Å². The molecule has 2 amide bonds. The van der Waals surface area contributed by atoms with Crippen LogP contribution in [0.25, 0.3) is 0 Å². The maximum absolute atomic E-state index is 12.8. The number of carbonyl (C=O) groups excluding carboxylic acids is 2. The molecular weight excluding hydrogens is 434 g/mol. The molecule has 1 aliphatic rings. The number of nitro benzene ring substituents is 1. The van der Waals surface area contributed by atoms with Gasteiger partial charge in [0, 0.05) is 30.3 Å². The average molecular weight is 460 g/mol. The van der Waals surface area contributed by atoms with Gasteiger partial charge in [0.05, 0.1) is 16.5 Å². The molecule has 1 N–H and O–H groups in total. The number of ether oxygens (including phenoxy) is 1. The fourth-order valence-electron chi connectivity index (χ4n) is 3.91. The van der Waals surface area contributed by atoms with E-state index in [4.69, 9.17) is 4.74 Å². The molecule has 174 valence electrons. The molecule has 1 aliphatic heterocycles. The van der Waals surface area contributed by atoms with Gasteiger partial charge in [-0.3, -0.25) is 19.7 Å². The van der Waals surface area contributed by atoms with E-state index in [-0.39, 0.29) is 30.5 Å². The van der Waals surface area contributed by atoms with Crippen LogP contribution in [0.5, 0.6) is 11.5 Å². The predicted octanol–water partition coefficient (Wildman–Crippen LogP) is 5.30. The number of nitrogens with zero attached hydrogens (tertiary/aromatic N) is 2. The molecule has 4 rings (SSSR count). The number of nitro groups is 1. The molecule has 0 bridgehead atoms. The highest BCUT2D eigenvalue weighted by atomic mass is 16.6. The smallest absolute Gasteiger partial charge is 0.274 e. The zero-order valence-electron chi connectivity index (χ0n) is 19.2. The Morgan fingerprint density at radius 1 is 1.06 bits per heavy atom. The highest BCUT2D eigenvalue weighted by Gasteiger charge is 2.35. The van der Waals surface area contributed by atoms with Crippen molar-refractivity contribution < 1.29 is 19.2 Å². The summed E-state index contributed by atoms with van der Waals surface area (Å²) in [5, 5.41) is 14.1. The maximum atomic E-state index is 12.8. The Labute approximate surface area is 197 Å². The molecule has 0 saturated carbocycles. The fourth-order valence-corrected chi connectivity index (χ4v) is 3.91. The number of anilines is 2. The van der Waals surface area contributed by atoms with Gasteiger partial charge >= 0.3 is 0 Å². The van der Waals surface area contributed by atoms with E-state index in [0.29, 0.717) is 22.7 Å². The van der Waals surface area contributed by atoms with E-state index in [9.17, 15) is 19.7 Å². The summed E-state index contributed by atoms with van der Waals surface area (Å²) in [4.78, 5) is 37.5. The van der Waals surface area contributed by atoms with E-state index in [2.05, 4.69) is 5.32 Å². The molecule has 34 heavy (non-hydrogen) atoms. The normalized spacial score (nSPS) is 15.3. The van der Waals surface area contributed by atoms with Crippen LogP contribution >= 0.6 is 0 Å². The maximum Gasteiger partial charge on any atom is 0.274 e. The molecule has 1 saturated heterocycles. The number of rotatable bonds is 6. The summed E-state index contributed by atoms with van der Waals surface area (Å²) in [5.41, 5.74) is 3.68. The van der Waals surface area contributed by atoms with Crippen LogP contribution < -0.4 is 15.0 Å². The van der Waals surface area contributed by atoms with E-state index in [1.807, 2.05) is 32.0 Å². The zero-order valence-corrected chi connectivity index (χ0v) is 19.2. The number of aryl methyl sites for hydroxylation is 2. The fraction of sp³-hybridized carbons (Fsp3) is 0.231. The van der Waals surface area contributed by atoms with Gasteiger partial charge in [0.1, 0.15) is 11.5 Å².